The van der Waals surface area contributed by atoms with E-state index in [9.17, 15) is 19.1 Å². The van der Waals surface area contributed by atoms with Crippen molar-refractivity contribution in [1.29, 1.82) is 0 Å². The summed E-state index contributed by atoms with van der Waals surface area (Å²) in [6, 6.07) is 4.94. The Morgan fingerprint density at radius 3 is 2.97 bits per heavy atom. The van der Waals surface area contributed by atoms with Crippen LogP contribution in [0.15, 0.2) is 30.5 Å². The first-order valence-electron chi connectivity index (χ1n) is 11.5. The minimum absolute atomic E-state index is 0.0495. The molecule has 2 N–H and O–H groups in total. The van der Waals surface area contributed by atoms with Gasteiger partial charge in [0, 0.05) is 44.7 Å². The van der Waals surface area contributed by atoms with Crippen LogP contribution < -0.4 is 5.32 Å². The number of rotatable bonds is 5. The number of carbonyl (C=O) groups is 2. The number of hydrogen-bond acceptors (Lipinski definition) is 6. The van der Waals surface area contributed by atoms with Crippen molar-refractivity contribution in [1.82, 2.24) is 24.8 Å². The van der Waals surface area contributed by atoms with Crippen LogP contribution in [0.2, 0.25) is 0 Å². The number of nitrogens with one attached hydrogen (secondary N) is 1. The van der Waals surface area contributed by atoms with E-state index in [4.69, 9.17) is 4.74 Å². The molecule has 0 unspecified atom stereocenters. The minimum atomic E-state index is -0.440. The van der Waals surface area contributed by atoms with E-state index >= 15 is 0 Å². The second-order valence-electron chi connectivity index (χ2n) is 8.78. The van der Waals surface area contributed by atoms with Crippen molar-refractivity contribution < 1.29 is 23.8 Å². The summed E-state index contributed by atoms with van der Waals surface area (Å²) in [6.45, 7) is 5.01. The standard InChI is InChI=1S/C23H33FN6O4/c1-16-12-29(17(2)14-31)22(32)8-5-9-30-20(11-25-27-30)15-34-21(16)13-28(3)23(33)26-19-7-4-6-18(24)10-19/h4,6-7,10-11,16-17,21,31H,5,8-9,12-15H2,1-3H3,(H,26,33)/t16-,17+,21+/m1/s1. The topological polar surface area (TPSA) is 113 Å². The van der Waals surface area contributed by atoms with Crippen LogP contribution in [0.4, 0.5) is 14.9 Å². The second kappa shape index (κ2) is 11.9. The number of amides is 3. The molecule has 0 aliphatic carbocycles. The number of aryl methyl sites for hydroxylation is 1. The number of nitrogens with zero attached hydrogens (tertiary/aromatic N) is 5. The van der Waals surface area contributed by atoms with Crippen LogP contribution >= 0.6 is 0 Å². The van der Waals surface area contributed by atoms with Crippen molar-refractivity contribution in [2.75, 3.05) is 32.1 Å². The first-order chi connectivity index (χ1) is 16.3. The van der Waals surface area contributed by atoms with Crippen molar-refractivity contribution in [3.63, 3.8) is 0 Å². The quantitative estimate of drug-likeness (QED) is 0.684. The molecule has 34 heavy (non-hydrogen) atoms. The number of fused-ring (bicyclic) bond motifs is 1. The van der Waals surface area contributed by atoms with Gasteiger partial charge in [-0.2, -0.15) is 0 Å². The van der Waals surface area contributed by atoms with Gasteiger partial charge in [-0.15, -0.1) is 5.10 Å². The van der Waals surface area contributed by atoms with Crippen LogP contribution in [0.3, 0.4) is 0 Å². The molecule has 0 radical (unpaired) electrons. The van der Waals surface area contributed by atoms with Gasteiger partial charge in [-0.3, -0.25) is 4.79 Å². The highest BCUT2D eigenvalue weighted by Crippen LogP contribution is 2.19. The largest absolute Gasteiger partial charge is 0.394 e. The maximum Gasteiger partial charge on any atom is 0.321 e. The molecule has 2 aromatic rings. The Balaban J connectivity index is 1.76. The van der Waals surface area contributed by atoms with Gasteiger partial charge < -0.3 is 25.0 Å². The van der Waals surface area contributed by atoms with Crippen LogP contribution in [0.1, 0.15) is 32.4 Å². The molecule has 0 saturated carbocycles. The molecule has 1 aromatic heterocycles. The van der Waals surface area contributed by atoms with Crippen LogP contribution in [0.5, 0.6) is 0 Å². The second-order valence-corrected chi connectivity index (χ2v) is 8.78. The lowest BCUT2D eigenvalue weighted by atomic mass is 10.0. The average molecular weight is 477 g/mol. The molecule has 186 valence electrons. The predicted octanol–water partition coefficient (Wildman–Crippen LogP) is 2.11. The lowest BCUT2D eigenvalue weighted by Crippen LogP contribution is -2.48. The van der Waals surface area contributed by atoms with Gasteiger partial charge in [-0.25, -0.2) is 13.9 Å². The van der Waals surface area contributed by atoms with Crippen molar-refractivity contribution in [3.8, 4) is 0 Å². The summed E-state index contributed by atoms with van der Waals surface area (Å²) < 4.78 is 21.4. The van der Waals surface area contributed by atoms with Crippen molar-refractivity contribution in [3.05, 3.63) is 42.0 Å². The summed E-state index contributed by atoms with van der Waals surface area (Å²) in [5, 5.41) is 20.4. The van der Waals surface area contributed by atoms with E-state index < -0.39 is 18.0 Å². The molecule has 0 bridgehead atoms. The number of hydrogen-bond donors (Lipinski definition) is 2. The maximum atomic E-state index is 13.5. The number of carbonyl (C=O) groups excluding carboxylic acids is 2. The highest BCUT2D eigenvalue weighted by Gasteiger charge is 2.29. The molecule has 0 spiro atoms. The van der Waals surface area contributed by atoms with Crippen molar-refractivity contribution >= 4 is 17.6 Å². The van der Waals surface area contributed by atoms with Gasteiger partial charge in [0.1, 0.15) is 5.82 Å². The normalized spacial score (nSPS) is 20.6. The van der Waals surface area contributed by atoms with Crippen LogP contribution in [-0.2, 0) is 22.7 Å². The summed E-state index contributed by atoms with van der Waals surface area (Å²) >= 11 is 0. The van der Waals surface area contributed by atoms with E-state index in [0.29, 0.717) is 31.6 Å². The smallest absolute Gasteiger partial charge is 0.321 e. The third kappa shape index (κ3) is 6.73. The van der Waals surface area contributed by atoms with Crippen molar-refractivity contribution in [2.24, 2.45) is 5.92 Å². The molecule has 3 atom stereocenters. The maximum absolute atomic E-state index is 13.5. The van der Waals surface area contributed by atoms with E-state index in [0.717, 1.165) is 5.69 Å². The predicted molar refractivity (Wildman–Crippen MR) is 123 cm³/mol. The summed E-state index contributed by atoms with van der Waals surface area (Å²) in [5.74, 6) is -0.637. The number of anilines is 1. The molecule has 11 heteroatoms. The number of likely N-dealkylation sites (N-methyl/N-ethyl adjacent to an activating group) is 1. The molecule has 2 heterocycles. The SMILES string of the molecule is C[C@@H]1CN([C@@H](C)CO)C(=O)CCCn2nncc2CO[C@H]1CN(C)C(=O)Nc1cccc(F)c1. The molecule has 3 rings (SSSR count). The van der Waals surface area contributed by atoms with Gasteiger partial charge >= 0.3 is 6.03 Å². The van der Waals surface area contributed by atoms with Gasteiger partial charge in [0.2, 0.25) is 5.91 Å². The van der Waals surface area contributed by atoms with Gasteiger partial charge in [0.25, 0.3) is 0 Å². The number of aliphatic hydroxyl groups excluding tert-OH is 1. The fraction of sp³-hybridized carbons (Fsp3) is 0.565. The van der Waals surface area contributed by atoms with Gasteiger partial charge in [0.05, 0.1) is 37.3 Å². The Bertz CT molecular complexity index is 970. The zero-order chi connectivity index (χ0) is 24.7. The van der Waals surface area contributed by atoms with E-state index in [2.05, 4.69) is 15.6 Å². The van der Waals surface area contributed by atoms with Crippen molar-refractivity contribution in [2.45, 2.75) is 52.0 Å². The lowest BCUT2D eigenvalue weighted by molar-refractivity contribution is -0.136. The lowest BCUT2D eigenvalue weighted by Gasteiger charge is -2.35. The van der Waals surface area contributed by atoms with Gasteiger partial charge in [-0.1, -0.05) is 18.2 Å². The highest BCUT2D eigenvalue weighted by molar-refractivity contribution is 5.89. The fourth-order valence-corrected chi connectivity index (χ4v) is 3.88. The van der Waals surface area contributed by atoms with E-state index in [-0.39, 0.29) is 37.6 Å². The summed E-state index contributed by atoms with van der Waals surface area (Å²) in [4.78, 5) is 28.8. The highest BCUT2D eigenvalue weighted by atomic mass is 19.1. The summed E-state index contributed by atoms with van der Waals surface area (Å²) in [6.07, 6.45) is 2.14. The van der Waals surface area contributed by atoms with Gasteiger partial charge in [0.15, 0.2) is 0 Å². The number of aromatic nitrogens is 3. The Morgan fingerprint density at radius 2 is 2.24 bits per heavy atom. The minimum Gasteiger partial charge on any atom is -0.394 e. The van der Waals surface area contributed by atoms with Crippen LogP contribution in [0, 0.1) is 11.7 Å². The number of ether oxygens (including phenoxy) is 1. The average Bonchev–Trinajstić information content (AvgIpc) is 3.25. The Labute approximate surface area is 198 Å². The molecule has 10 nitrogen and oxygen atoms in total. The number of aliphatic hydroxyl groups is 1. The molecule has 0 saturated heterocycles. The number of benzene rings is 1. The van der Waals surface area contributed by atoms with Gasteiger partial charge in [-0.05, 0) is 31.5 Å². The molecular formula is C23H33FN6O4. The monoisotopic (exact) mass is 476 g/mol. The Morgan fingerprint density at radius 1 is 1.44 bits per heavy atom. The zero-order valence-electron chi connectivity index (χ0n) is 19.9. The van der Waals surface area contributed by atoms with Crippen LogP contribution in [0.25, 0.3) is 0 Å². The summed E-state index contributed by atoms with van der Waals surface area (Å²) in [7, 11) is 1.63. The fourth-order valence-electron chi connectivity index (χ4n) is 3.88. The first kappa shape index (κ1) is 25.6. The molecule has 0 fully saturated rings. The number of urea groups is 1. The zero-order valence-corrected chi connectivity index (χ0v) is 19.9. The molecular weight excluding hydrogens is 443 g/mol. The molecule has 1 aliphatic rings. The van der Waals surface area contributed by atoms with Crippen LogP contribution in [-0.4, -0.2) is 80.7 Å². The van der Waals surface area contributed by atoms with E-state index in [1.807, 2.05) is 6.92 Å². The van der Waals surface area contributed by atoms with E-state index in [1.165, 1.54) is 23.1 Å². The Hall–Kier alpha value is -3.05. The number of halogens is 1. The van der Waals surface area contributed by atoms with E-state index in [1.54, 1.807) is 35.8 Å². The third-order valence-corrected chi connectivity index (χ3v) is 6.02. The molecule has 1 aliphatic heterocycles. The summed E-state index contributed by atoms with van der Waals surface area (Å²) in [5.41, 5.74) is 1.14. The Kier molecular flexibility index (Phi) is 8.94. The first-order valence-corrected chi connectivity index (χ1v) is 11.5. The molecule has 1 aromatic carbocycles. The third-order valence-electron chi connectivity index (χ3n) is 6.02. The molecule has 3 amide bonds.